The molecule has 172 valence electrons. The lowest BCUT2D eigenvalue weighted by atomic mass is 10.2. The molecule has 11 nitrogen and oxygen atoms in total. The van der Waals surface area contributed by atoms with Crippen LogP contribution < -0.4 is 9.80 Å². The number of carbonyl (C=O) groups is 2. The Balaban J connectivity index is 1.58. The van der Waals surface area contributed by atoms with E-state index in [2.05, 4.69) is 20.3 Å². The van der Waals surface area contributed by atoms with Gasteiger partial charge in [0, 0.05) is 52.0 Å². The molecule has 12 heteroatoms. The Bertz CT molecular complexity index is 1180. The molecule has 0 spiro atoms. The first kappa shape index (κ1) is 22.5. The summed E-state index contributed by atoms with van der Waals surface area (Å²) in [6.07, 6.45) is 4.72. The second-order valence-corrected chi connectivity index (χ2v) is 8.37. The van der Waals surface area contributed by atoms with Crippen LogP contribution in [0.15, 0.2) is 41.8 Å². The standard InChI is InChI=1S/C21H24N8O3S/c1-26-9-10-28(19(30)17-12-22-20(33-3)23-18(17)26)15-5-4-6-16(11-15)29-13-14(24-25-29)7-8-27(2)21(31)32/h4-6,11-13H,7-10H2,1-3H3,(H,31,32). The Hall–Kier alpha value is -3.67. The molecule has 33 heavy (non-hydrogen) atoms. The maximum absolute atomic E-state index is 13.4. The maximum atomic E-state index is 13.4. The second-order valence-electron chi connectivity index (χ2n) is 7.60. The SMILES string of the molecule is CSc1ncc2c(n1)N(C)CCN(c1cccc(-n3cc(CCN(C)C(=O)O)nn3)c1)C2=O. The average Bonchev–Trinajstić information content (AvgIpc) is 3.26. The van der Waals surface area contributed by atoms with Crippen LogP contribution >= 0.6 is 11.8 Å². The maximum Gasteiger partial charge on any atom is 0.407 e. The molecule has 1 N–H and O–H groups in total. The molecule has 0 atom stereocenters. The van der Waals surface area contributed by atoms with Crippen LogP contribution in [0, 0.1) is 0 Å². The average molecular weight is 469 g/mol. The fraction of sp³-hybridized carbons (Fsp3) is 0.333. The number of rotatable bonds is 6. The zero-order valence-corrected chi connectivity index (χ0v) is 19.4. The molecular formula is C21H24N8O3S. The Morgan fingerprint density at radius 2 is 2.06 bits per heavy atom. The summed E-state index contributed by atoms with van der Waals surface area (Å²) in [5.41, 5.74) is 2.62. The van der Waals surface area contributed by atoms with Gasteiger partial charge < -0.3 is 19.8 Å². The van der Waals surface area contributed by atoms with Crippen LogP contribution in [0.2, 0.25) is 0 Å². The molecule has 3 heterocycles. The molecule has 4 rings (SSSR count). The Labute approximate surface area is 195 Å². The number of nitrogens with zero attached hydrogens (tertiary/aromatic N) is 8. The molecule has 0 saturated heterocycles. The molecule has 0 radical (unpaired) electrons. The van der Waals surface area contributed by atoms with E-state index in [4.69, 9.17) is 5.11 Å². The van der Waals surface area contributed by atoms with Gasteiger partial charge in [0.1, 0.15) is 11.4 Å². The number of carbonyl (C=O) groups excluding carboxylic acids is 1. The monoisotopic (exact) mass is 468 g/mol. The summed E-state index contributed by atoms with van der Waals surface area (Å²) in [4.78, 5) is 38.0. The molecule has 0 fully saturated rings. The second kappa shape index (κ2) is 9.45. The molecule has 0 bridgehead atoms. The Morgan fingerprint density at radius 3 is 2.82 bits per heavy atom. The number of amides is 2. The smallest absolute Gasteiger partial charge is 0.407 e. The normalized spacial score (nSPS) is 13.6. The Morgan fingerprint density at radius 1 is 1.27 bits per heavy atom. The number of aromatic nitrogens is 5. The number of anilines is 2. The minimum Gasteiger partial charge on any atom is -0.465 e. The lowest BCUT2D eigenvalue weighted by Crippen LogP contribution is -2.33. The number of thioether (sulfide) groups is 1. The first-order valence-electron chi connectivity index (χ1n) is 10.3. The number of benzene rings is 1. The third-order valence-electron chi connectivity index (χ3n) is 5.40. The zero-order chi connectivity index (χ0) is 23.5. The lowest BCUT2D eigenvalue weighted by Gasteiger charge is -2.21. The van der Waals surface area contributed by atoms with E-state index >= 15 is 0 Å². The van der Waals surface area contributed by atoms with E-state index in [9.17, 15) is 9.59 Å². The van der Waals surface area contributed by atoms with Crippen molar-refractivity contribution in [1.82, 2.24) is 29.9 Å². The number of carboxylic acid groups (broad SMARTS) is 1. The van der Waals surface area contributed by atoms with Gasteiger partial charge in [0.05, 0.1) is 17.6 Å². The fourth-order valence-electron chi connectivity index (χ4n) is 3.47. The van der Waals surface area contributed by atoms with Gasteiger partial charge in [0.2, 0.25) is 0 Å². The van der Waals surface area contributed by atoms with Crippen LogP contribution in [0.25, 0.3) is 5.69 Å². The highest BCUT2D eigenvalue weighted by Gasteiger charge is 2.28. The van der Waals surface area contributed by atoms with E-state index in [1.54, 1.807) is 22.0 Å². The van der Waals surface area contributed by atoms with Crippen LogP contribution in [0.3, 0.4) is 0 Å². The molecule has 0 saturated carbocycles. The summed E-state index contributed by atoms with van der Waals surface area (Å²) in [6.45, 7) is 1.44. The van der Waals surface area contributed by atoms with Gasteiger partial charge in [-0.3, -0.25) is 4.79 Å². The van der Waals surface area contributed by atoms with Crippen LogP contribution in [0.5, 0.6) is 0 Å². The molecule has 1 aliphatic heterocycles. The van der Waals surface area contributed by atoms with Crippen LogP contribution in [0.1, 0.15) is 16.1 Å². The minimum atomic E-state index is -0.987. The predicted molar refractivity (Wildman–Crippen MR) is 124 cm³/mol. The van der Waals surface area contributed by atoms with Crippen molar-refractivity contribution in [2.45, 2.75) is 11.6 Å². The third kappa shape index (κ3) is 4.75. The quantitative estimate of drug-likeness (QED) is 0.428. The van der Waals surface area contributed by atoms with Gasteiger partial charge >= 0.3 is 6.09 Å². The van der Waals surface area contributed by atoms with Gasteiger partial charge in [-0.2, -0.15) is 0 Å². The van der Waals surface area contributed by atoms with Crippen molar-refractivity contribution in [3.63, 3.8) is 0 Å². The summed E-state index contributed by atoms with van der Waals surface area (Å²) in [5, 5.41) is 17.9. The summed E-state index contributed by atoms with van der Waals surface area (Å²) < 4.78 is 1.62. The summed E-state index contributed by atoms with van der Waals surface area (Å²) in [5.74, 6) is 0.473. The van der Waals surface area contributed by atoms with Crippen molar-refractivity contribution >= 4 is 35.3 Å². The van der Waals surface area contributed by atoms with E-state index in [0.717, 1.165) is 11.4 Å². The zero-order valence-electron chi connectivity index (χ0n) is 18.5. The van der Waals surface area contributed by atoms with E-state index in [1.807, 2.05) is 42.5 Å². The Kier molecular flexibility index (Phi) is 6.45. The first-order chi connectivity index (χ1) is 15.9. The molecule has 1 aromatic carbocycles. The van der Waals surface area contributed by atoms with Crippen molar-refractivity contribution in [3.05, 3.63) is 47.9 Å². The van der Waals surface area contributed by atoms with Crippen molar-refractivity contribution in [2.75, 3.05) is 49.8 Å². The number of hydrogen-bond acceptors (Lipinski definition) is 8. The summed E-state index contributed by atoms with van der Waals surface area (Å²) >= 11 is 1.44. The molecule has 1 aliphatic rings. The highest BCUT2D eigenvalue weighted by molar-refractivity contribution is 7.98. The lowest BCUT2D eigenvalue weighted by molar-refractivity contribution is 0.0989. The van der Waals surface area contributed by atoms with E-state index in [-0.39, 0.29) is 5.91 Å². The van der Waals surface area contributed by atoms with Crippen molar-refractivity contribution < 1.29 is 14.7 Å². The largest absolute Gasteiger partial charge is 0.465 e. The van der Waals surface area contributed by atoms with Gasteiger partial charge in [-0.15, -0.1) is 5.10 Å². The van der Waals surface area contributed by atoms with Gasteiger partial charge in [-0.25, -0.2) is 19.4 Å². The van der Waals surface area contributed by atoms with Crippen LogP contribution in [0.4, 0.5) is 16.3 Å². The molecule has 0 aliphatic carbocycles. The molecule has 0 unspecified atom stereocenters. The highest BCUT2D eigenvalue weighted by Crippen LogP contribution is 2.27. The van der Waals surface area contributed by atoms with Gasteiger partial charge in [0.25, 0.3) is 5.91 Å². The third-order valence-corrected chi connectivity index (χ3v) is 5.96. The first-order valence-corrected chi connectivity index (χ1v) is 11.5. The van der Waals surface area contributed by atoms with E-state index < -0.39 is 6.09 Å². The molecular weight excluding hydrogens is 444 g/mol. The number of likely N-dealkylation sites (N-methyl/N-ethyl adjacent to an activating group) is 2. The van der Waals surface area contributed by atoms with Crippen LogP contribution in [-0.2, 0) is 6.42 Å². The van der Waals surface area contributed by atoms with Crippen LogP contribution in [-0.4, -0.2) is 87.0 Å². The number of fused-ring (bicyclic) bond motifs is 1. The topological polar surface area (TPSA) is 121 Å². The minimum absolute atomic E-state index is 0.157. The van der Waals surface area contributed by atoms with Gasteiger partial charge in [-0.05, 0) is 24.5 Å². The van der Waals surface area contributed by atoms with E-state index in [0.29, 0.717) is 48.3 Å². The molecule has 2 aromatic heterocycles. The van der Waals surface area contributed by atoms with E-state index in [1.165, 1.54) is 23.7 Å². The molecule has 3 aromatic rings. The highest BCUT2D eigenvalue weighted by atomic mass is 32.2. The van der Waals surface area contributed by atoms with Crippen molar-refractivity contribution in [1.29, 1.82) is 0 Å². The predicted octanol–water partition coefficient (Wildman–Crippen LogP) is 2.03. The molecule has 2 amide bonds. The summed E-state index contributed by atoms with van der Waals surface area (Å²) in [6, 6.07) is 7.49. The van der Waals surface area contributed by atoms with Gasteiger partial charge in [-0.1, -0.05) is 23.0 Å². The van der Waals surface area contributed by atoms with Crippen molar-refractivity contribution in [2.24, 2.45) is 0 Å². The number of hydrogen-bond donors (Lipinski definition) is 1. The van der Waals surface area contributed by atoms with Gasteiger partial charge in [0.15, 0.2) is 5.16 Å². The fourth-order valence-corrected chi connectivity index (χ4v) is 3.80. The summed E-state index contributed by atoms with van der Waals surface area (Å²) in [7, 11) is 3.43. The van der Waals surface area contributed by atoms with Crippen molar-refractivity contribution in [3.8, 4) is 5.69 Å².